The Labute approximate surface area is 132 Å². The highest BCUT2D eigenvalue weighted by Crippen LogP contribution is 2.25. The molecule has 1 aromatic carbocycles. The Morgan fingerprint density at radius 3 is 2.64 bits per heavy atom. The van der Waals surface area contributed by atoms with Crippen LogP contribution in [-0.2, 0) is 11.2 Å². The zero-order valence-corrected chi connectivity index (χ0v) is 13.4. The molecule has 0 aliphatic heterocycles. The van der Waals surface area contributed by atoms with Crippen LogP contribution in [-0.4, -0.2) is 12.1 Å². The number of carbonyl (C=O) groups excluding carboxylic acids is 1. The Balaban J connectivity index is 3.25. The number of rotatable bonds is 6. The maximum Gasteiger partial charge on any atom is 0.229 e. The molecule has 4 nitrogen and oxygen atoms in total. The van der Waals surface area contributed by atoms with Gasteiger partial charge in [0.2, 0.25) is 5.91 Å². The lowest BCUT2D eigenvalue weighted by atomic mass is 9.91. The number of aliphatic imine (C=N–C) groups is 1. The Hall–Kier alpha value is -2.62. The second kappa shape index (κ2) is 7.98. The number of benzene rings is 1. The van der Waals surface area contributed by atoms with E-state index in [2.05, 4.69) is 23.5 Å². The van der Waals surface area contributed by atoms with E-state index in [-0.39, 0.29) is 18.1 Å². The Bertz CT molecular complexity index is 655. The van der Waals surface area contributed by atoms with Crippen molar-refractivity contribution in [3.05, 3.63) is 65.6 Å². The van der Waals surface area contributed by atoms with Crippen LogP contribution >= 0.6 is 0 Å². The van der Waals surface area contributed by atoms with Crippen LogP contribution < -0.4 is 11.1 Å². The molecule has 22 heavy (non-hydrogen) atoms. The van der Waals surface area contributed by atoms with Gasteiger partial charge in [0.1, 0.15) is 0 Å². The van der Waals surface area contributed by atoms with Crippen molar-refractivity contribution in [3.63, 3.8) is 0 Å². The molecule has 0 atom stereocenters. The van der Waals surface area contributed by atoms with E-state index in [1.165, 1.54) is 0 Å². The second-order valence-corrected chi connectivity index (χ2v) is 4.98. The number of hydrogen-bond acceptors (Lipinski definition) is 3. The number of amides is 1. The minimum absolute atomic E-state index is 0.153. The van der Waals surface area contributed by atoms with Crippen LogP contribution in [0, 0.1) is 13.8 Å². The largest absolute Gasteiger partial charge is 0.386 e. The van der Waals surface area contributed by atoms with Gasteiger partial charge in [0.25, 0.3) is 0 Å². The molecule has 0 aromatic heterocycles. The topological polar surface area (TPSA) is 67.5 Å². The normalized spacial score (nSPS) is 11.5. The smallest absolute Gasteiger partial charge is 0.229 e. The molecule has 0 radical (unpaired) electrons. The molecule has 0 spiro atoms. The standard InChI is InChI=1S/C18H23N3O/c1-6-15(11-20-7-2)16-9-8-12(3)17(13(16)4)10-18(22)21-14(5)19/h6-9,11H,1,5,10,19H2,2-4H3,(H,21,22)/b15-11+,20-7?. The molecule has 0 aliphatic rings. The number of carbonyl (C=O) groups is 1. The summed E-state index contributed by atoms with van der Waals surface area (Å²) in [5, 5.41) is 2.53. The van der Waals surface area contributed by atoms with Crippen molar-refractivity contribution in [2.45, 2.75) is 27.2 Å². The van der Waals surface area contributed by atoms with Crippen LogP contribution in [0.3, 0.4) is 0 Å². The van der Waals surface area contributed by atoms with Gasteiger partial charge in [-0.1, -0.05) is 31.4 Å². The second-order valence-electron chi connectivity index (χ2n) is 4.98. The molecular formula is C18H23N3O. The van der Waals surface area contributed by atoms with Crippen LogP contribution in [0.25, 0.3) is 5.57 Å². The van der Waals surface area contributed by atoms with Crippen molar-refractivity contribution in [1.29, 1.82) is 0 Å². The summed E-state index contributed by atoms with van der Waals surface area (Å²) < 4.78 is 0. The lowest BCUT2D eigenvalue weighted by Gasteiger charge is -2.15. The fourth-order valence-corrected chi connectivity index (χ4v) is 2.25. The van der Waals surface area contributed by atoms with Gasteiger partial charge in [0, 0.05) is 12.4 Å². The fraction of sp³-hybridized carbons (Fsp3) is 0.222. The summed E-state index contributed by atoms with van der Waals surface area (Å²) in [6.45, 7) is 13.2. The summed E-state index contributed by atoms with van der Waals surface area (Å²) in [6, 6.07) is 4.02. The van der Waals surface area contributed by atoms with E-state index in [0.29, 0.717) is 0 Å². The number of hydrogen-bond donors (Lipinski definition) is 2. The lowest BCUT2D eigenvalue weighted by Crippen LogP contribution is -2.28. The number of allylic oxidation sites excluding steroid dienone is 2. The summed E-state index contributed by atoms with van der Waals surface area (Å²) in [4.78, 5) is 16.1. The van der Waals surface area contributed by atoms with Crippen LogP contribution in [0.15, 0.2) is 48.4 Å². The molecule has 0 saturated heterocycles. The SMILES string of the molecule is C=C/C(=C\N=CC)c1ccc(C)c(CC(=O)NC(=C)N)c1C. The first-order chi connectivity index (χ1) is 10.4. The molecule has 1 aromatic rings. The third kappa shape index (κ3) is 4.45. The van der Waals surface area contributed by atoms with Gasteiger partial charge in [-0.05, 0) is 48.6 Å². The van der Waals surface area contributed by atoms with Crippen LogP contribution in [0.5, 0.6) is 0 Å². The first kappa shape index (κ1) is 17.4. The van der Waals surface area contributed by atoms with Gasteiger partial charge in [-0.3, -0.25) is 9.79 Å². The maximum atomic E-state index is 11.9. The van der Waals surface area contributed by atoms with E-state index in [1.807, 2.05) is 32.9 Å². The highest BCUT2D eigenvalue weighted by Gasteiger charge is 2.13. The average Bonchev–Trinajstić information content (AvgIpc) is 2.45. The first-order valence-corrected chi connectivity index (χ1v) is 7.04. The summed E-state index contributed by atoms with van der Waals surface area (Å²) in [6.07, 6.45) is 5.49. The Morgan fingerprint density at radius 2 is 2.09 bits per heavy atom. The zero-order valence-electron chi connectivity index (χ0n) is 13.4. The van der Waals surface area contributed by atoms with Gasteiger partial charge in [-0.15, -0.1) is 0 Å². The lowest BCUT2D eigenvalue weighted by molar-refractivity contribution is -0.119. The summed E-state index contributed by atoms with van der Waals surface area (Å²) in [5.74, 6) is -0.0213. The van der Waals surface area contributed by atoms with Gasteiger partial charge < -0.3 is 11.1 Å². The van der Waals surface area contributed by atoms with E-state index in [4.69, 9.17) is 5.73 Å². The highest BCUT2D eigenvalue weighted by molar-refractivity contribution is 5.83. The monoisotopic (exact) mass is 297 g/mol. The number of nitrogens with two attached hydrogens (primary N) is 1. The minimum Gasteiger partial charge on any atom is -0.386 e. The summed E-state index contributed by atoms with van der Waals surface area (Å²) in [7, 11) is 0. The van der Waals surface area contributed by atoms with Crippen molar-refractivity contribution < 1.29 is 4.79 Å². The van der Waals surface area contributed by atoms with E-state index >= 15 is 0 Å². The van der Waals surface area contributed by atoms with Gasteiger partial charge in [0.15, 0.2) is 0 Å². The van der Waals surface area contributed by atoms with E-state index in [0.717, 1.165) is 27.8 Å². The molecule has 0 saturated carbocycles. The summed E-state index contributed by atoms with van der Waals surface area (Å²) in [5.41, 5.74) is 10.4. The van der Waals surface area contributed by atoms with E-state index in [9.17, 15) is 4.79 Å². The van der Waals surface area contributed by atoms with E-state index < -0.39 is 0 Å². The molecule has 0 unspecified atom stereocenters. The number of nitrogens with one attached hydrogen (secondary N) is 1. The van der Waals surface area contributed by atoms with E-state index in [1.54, 1.807) is 18.5 Å². The predicted octanol–water partition coefficient (Wildman–Crippen LogP) is 3.01. The van der Waals surface area contributed by atoms with Crippen molar-refractivity contribution in [3.8, 4) is 0 Å². The quantitative estimate of drug-likeness (QED) is 0.626. The molecule has 116 valence electrons. The van der Waals surface area contributed by atoms with Crippen molar-refractivity contribution in [2.75, 3.05) is 0 Å². The van der Waals surface area contributed by atoms with Gasteiger partial charge in [0.05, 0.1) is 12.2 Å². The number of aryl methyl sites for hydroxylation is 1. The molecule has 4 heteroatoms. The predicted molar refractivity (Wildman–Crippen MR) is 93.4 cm³/mol. The van der Waals surface area contributed by atoms with Gasteiger partial charge in [-0.2, -0.15) is 0 Å². The van der Waals surface area contributed by atoms with Gasteiger partial charge in [-0.25, -0.2) is 0 Å². The van der Waals surface area contributed by atoms with Crippen molar-refractivity contribution in [2.24, 2.45) is 10.7 Å². The molecule has 0 aliphatic carbocycles. The molecule has 0 fully saturated rings. The molecule has 0 bridgehead atoms. The highest BCUT2D eigenvalue weighted by atomic mass is 16.1. The van der Waals surface area contributed by atoms with Crippen LogP contribution in [0.4, 0.5) is 0 Å². The molecule has 3 N–H and O–H groups in total. The summed E-state index contributed by atoms with van der Waals surface area (Å²) >= 11 is 0. The Kier molecular flexibility index (Phi) is 6.32. The molecule has 1 rings (SSSR count). The third-order valence-electron chi connectivity index (χ3n) is 3.36. The minimum atomic E-state index is -0.174. The third-order valence-corrected chi connectivity index (χ3v) is 3.36. The first-order valence-electron chi connectivity index (χ1n) is 7.04. The van der Waals surface area contributed by atoms with Crippen LogP contribution in [0.1, 0.15) is 29.2 Å². The van der Waals surface area contributed by atoms with Crippen molar-refractivity contribution in [1.82, 2.24) is 5.32 Å². The average molecular weight is 297 g/mol. The van der Waals surface area contributed by atoms with Crippen LogP contribution in [0.2, 0.25) is 0 Å². The van der Waals surface area contributed by atoms with Crippen molar-refractivity contribution >= 4 is 17.7 Å². The molecule has 1 amide bonds. The Morgan fingerprint density at radius 1 is 1.41 bits per heavy atom. The fourth-order valence-electron chi connectivity index (χ4n) is 2.25. The molecule has 0 heterocycles. The number of nitrogens with zero attached hydrogens (tertiary/aromatic N) is 1. The van der Waals surface area contributed by atoms with Gasteiger partial charge >= 0.3 is 0 Å². The zero-order chi connectivity index (χ0) is 16.7. The molecular weight excluding hydrogens is 274 g/mol. The maximum absolute atomic E-state index is 11.9.